The van der Waals surface area contributed by atoms with Crippen molar-refractivity contribution in [3.05, 3.63) is 134 Å². The molecule has 0 aliphatic carbocycles. The van der Waals surface area contributed by atoms with Gasteiger partial charge in [-0.15, -0.1) is 0 Å². The van der Waals surface area contributed by atoms with Gasteiger partial charge in [-0.3, -0.25) is 4.79 Å². The number of carbonyl (C=O) groups is 1. The second-order valence-corrected chi connectivity index (χ2v) is 29.2. The number of ether oxygens (including phenoxy) is 6. The largest absolute Gasteiger partial charge is 0.394 e. The Kier molecular flexibility index (Phi) is 60.4. The summed E-state index contributed by atoms with van der Waals surface area (Å²) in [5, 5.41) is 121. The van der Waals surface area contributed by atoms with Crippen LogP contribution in [0.25, 0.3) is 0 Å². The maximum Gasteiger partial charge on any atom is 0.220 e. The number of aliphatic hydroxyl groups is 11. The van der Waals surface area contributed by atoms with Gasteiger partial charge in [0, 0.05) is 6.42 Å². The third-order valence-electron chi connectivity index (χ3n) is 19.9. The second-order valence-electron chi connectivity index (χ2n) is 29.2. The average Bonchev–Trinajstić information content (AvgIpc) is 0.781. The molecule has 3 rings (SSSR count). The molecule has 19 nitrogen and oxygen atoms in total. The van der Waals surface area contributed by atoms with Crippen LogP contribution >= 0.6 is 0 Å². The molecule has 3 heterocycles. The molecule has 0 spiro atoms. The third kappa shape index (κ3) is 45.9. The molecule has 0 aromatic rings. The first-order chi connectivity index (χ1) is 52.3. The topological polar surface area (TPSA) is 307 Å². The van der Waals surface area contributed by atoms with Crippen molar-refractivity contribution in [3.8, 4) is 0 Å². The van der Waals surface area contributed by atoms with Crippen molar-refractivity contribution in [1.29, 1.82) is 0 Å². The fourth-order valence-electron chi connectivity index (χ4n) is 13.3. The van der Waals surface area contributed by atoms with Gasteiger partial charge in [0.15, 0.2) is 18.9 Å². The first-order valence-electron chi connectivity index (χ1n) is 41.9. The molecule has 0 aromatic heterocycles. The summed E-state index contributed by atoms with van der Waals surface area (Å²) in [5.74, 6) is -0.346. The van der Waals surface area contributed by atoms with Gasteiger partial charge in [-0.25, -0.2) is 0 Å². The second kappa shape index (κ2) is 66.5. The van der Waals surface area contributed by atoms with Gasteiger partial charge < -0.3 is 89.9 Å². The van der Waals surface area contributed by atoms with E-state index >= 15 is 0 Å². The molecular formula is C88H149NO18. The molecule has 3 aliphatic heterocycles. The lowest BCUT2D eigenvalue weighted by molar-refractivity contribution is -0.379. The minimum Gasteiger partial charge on any atom is -0.394 e. The van der Waals surface area contributed by atoms with Crippen LogP contribution < -0.4 is 5.32 Å². The summed E-state index contributed by atoms with van der Waals surface area (Å²) in [4.78, 5) is 13.5. The van der Waals surface area contributed by atoms with Gasteiger partial charge in [0.25, 0.3) is 0 Å². The Morgan fingerprint density at radius 3 is 1.05 bits per heavy atom. The minimum absolute atomic E-state index is 0.146. The molecule has 614 valence electrons. The van der Waals surface area contributed by atoms with Crippen molar-refractivity contribution in [2.24, 2.45) is 0 Å². The van der Waals surface area contributed by atoms with Gasteiger partial charge in [-0.1, -0.05) is 314 Å². The molecule has 3 aliphatic rings. The highest BCUT2D eigenvalue weighted by molar-refractivity contribution is 5.76. The summed E-state index contributed by atoms with van der Waals surface area (Å²) >= 11 is 0. The van der Waals surface area contributed by atoms with Crippen molar-refractivity contribution in [3.63, 3.8) is 0 Å². The standard InChI is InChI=1S/C88H149NO18/c1-3-5-7-9-11-13-15-17-19-21-23-25-27-29-31-33-34-35-36-38-39-41-43-45-47-49-51-53-55-57-59-61-63-65-72(93)71(89-76(94)66-64-62-60-58-56-54-52-50-48-46-44-42-40-37-32-30-28-26-24-22-20-18-16-14-12-10-8-6-4-2)70-102-86-82(100)79(97)84(74(68-91)104-86)107-88-83(101)80(98)85(75(69-92)105-88)106-87-81(99)78(96)77(95)73(67-90)103-87/h6,8,12,14,18,20,24,26,30,32,40,42,46,48,52,54-55,57-58,60,63,65,71-75,77-88,90-93,95-101H,3-5,7,9-11,13,15-17,19,21-23,25,27-29,31,33-39,41,43-45,47,49-51,53,56,59,61-62,64,66-70H2,1-2H3,(H,89,94)/b8-6-,14-12-,20-18-,26-24-,32-30-,42-40-,48-46-,54-52-,57-55+,60-58-,65-63+. The van der Waals surface area contributed by atoms with Gasteiger partial charge in [0.1, 0.15) is 73.2 Å². The van der Waals surface area contributed by atoms with Crippen LogP contribution in [0.5, 0.6) is 0 Å². The Morgan fingerprint density at radius 1 is 0.346 bits per heavy atom. The van der Waals surface area contributed by atoms with E-state index in [9.17, 15) is 61.0 Å². The molecular weight excluding hydrogens is 1360 g/mol. The Labute approximate surface area is 645 Å². The smallest absolute Gasteiger partial charge is 0.220 e. The fraction of sp³-hybridized carbons (Fsp3) is 0.739. The SMILES string of the molecule is CC/C=C\C/C=C\C/C=C\C/C=C\C/C=C\C/C=C\C/C=C\C/C=C\C/C=C\CCCC(=O)NC(COC1OC(CO)C(OC2OC(CO)C(OC3OC(CO)C(O)C(O)C3O)C(O)C2O)C(O)C1O)C(O)/C=C/CC/C=C/CCCCCCCCCCCCCCCCCCCCCCCCCCCCC. The molecule has 3 saturated heterocycles. The van der Waals surface area contributed by atoms with E-state index in [-0.39, 0.29) is 12.3 Å². The Balaban J connectivity index is 1.40. The number of aliphatic hydroxyl groups excluding tert-OH is 11. The molecule has 107 heavy (non-hydrogen) atoms. The van der Waals surface area contributed by atoms with Crippen LogP contribution in [0, 0.1) is 0 Å². The number of nitrogens with one attached hydrogen (secondary N) is 1. The van der Waals surface area contributed by atoms with E-state index in [4.69, 9.17) is 28.4 Å². The molecule has 3 fully saturated rings. The van der Waals surface area contributed by atoms with Crippen molar-refractivity contribution < 1.29 is 89.4 Å². The van der Waals surface area contributed by atoms with Crippen molar-refractivity contribution in [2.75, 3.05) is 26.4 Å². The zero-order valence-corrected chi connectivity index (χ0v) is 65.8. The van der Waals surface area contributed by atoms with Gasteiger partial charge >= 0.3 is 0 Å². The van der Waals surface area contributed by atoms with Crippen LogP contribution in [-0.4, -0.2) is 193 Å². The number of carbonyl (C=O) groups excluding carboxylic acids is 1. The molecule has 12 N–H and O–H groups in total. The molecule has 1 amide bonds. The van der Waals surface area contributed by atoms with Crippen molar-refractivity contribution >= 4 is 5.91 Å². The maximum atomic E-state index is 13.5. The Morgan fingerprint density at radius 2 is 0.654 bits per heavy atom. The normalized spacial score (nSPS) is 26.2. The van der Waals surface area contributed by atoms with Gasteiger partial charge in [0.2, 0.25) is 5.91 Å². The summed E-state index contributed by atoms with van der Waals surface area (Å²) < 4.78 is 34.4. The summed E-state index contributed by atoms with van der Waals surface area (Å²) in [6, 6.07) is -1.03. The van der Waals surface area contributed by atoms with Crippen LogP contribution in [0.15, 0.2) is 134 Å². The van der Waals surface area contributed by atoms with Crippen LogP contribution in [-0.2, 0) is 33.2 Å². The van der Waals surface area contributed by atoms with Crippen molar-refractivity contribution in [2.45, 2.75) is 388 Å². The predicted molar refractivity (Wildman–Crippen MR) is 429 cm³/mol. The summed E-state index contributed by atoms with van der Waals surface area (Å²) in [6.45, 7) is 1.58. The molecule has 0 bridgehead atoms. The Bertz CT molecular complexity index is 2450. The van der Waals surface area contributed by atoms with E-state index in [1.165, 1.54) is 167 Å². The number of amides is 1. The lowest BCUT2D eigenvalue weighted by Crippen LogP contribution is -2.66. The molecule has 17 atom stereocenters. The van der Waals surface area contributed by atoms with Crippen molar-refractivity contribution in [1.82, 2.24) is 5.32 Å². The Hall–Kier alpha value is -4.07. The molecule has 0 saturated carbocycles. The first kappa shape index (κ1) is 97.1. The monoisotopic (exact) mass is 1510 g/mol. The minimum atomic E-state index is -2.00. The van der Waals surface area contributed by atoms with Gasteiger partial charge in [-0.2, -0.15) is 0 Å². The number of hydrogen-bond acceptors (Lipinski definition) is 18. The first-order valence-corrected chi connectivity index (χ1v) is 41.9. The highest BCUT2D eigenvalue weighted by Gasteiger charge is 2.54. The highest BCUT2D eigenvalue weighted by Crippen LogP contribution is 2.33. The van der Waals surface area contributed by atoms with Gasteiger partial charge in [-0.05, 0) is 96.3 Å². The number of allylic oxidation sites excluding steroid dienone is 21. The zero-order valence-electron chi connectivity index (χ0n) is 65.8. The number of unbranched alkanes of at least 4 members (excludes halogenated alkanes) is 29. The maximum absolute atomic E-state index is 13.5. The lowest BCUT2D eigenvalue weighted by atomic mass is 9.96. The van der Waals surface area contributed by atoms with E-state index in [2.05, 4.69) is 135 Å². The average molecular weight is 1510 g/mol. The predicted octanol–water partition coefficient (Wildman–Crippen LogP) is 14.8. The van der Waals surface area contributed by atoms with E-state index in [0.717, 1.165) is 77.0 Å². The molecule has 19 heteroatoms. The fourth-order valence-corrected chi connectivity index (χ4v) is 13.3. The van der Waals surface area contributed by atoms with E-state index in [1.807, 2.05) is 12.2 Å². The number of rotatable bonds is 65. The summed E-state index contributed by atoms with van der Waals surface area (Å²) in [7, 11) is 0. The highest BCUT2D eigenvalue weighted by atomic mass is 16.8. The molecule has 0 aromatic carbocycles. The van der Waals surface area contributed by atoms with E-state index < -0.39 is 131 Å². The number of hydrogen-bond donors (Lipinski definition) is 12. The zero-order chi connectivity index (χ0) is 77.4. The summed E-state index contributed by atoms with van der Waals surface area (Å²) in [5.41, 5.74) is 0. The molecule has 0 radical (unpaired) electrons. The molecule has 17 unspecified atom stereocenters. The van der Waals surface area contributed by atoms with Gasteiger partial charge in [0.05, 0.1) is 38.6 Å². The lowest BCUT2D eigenvalue weighted by Gasteiger charge is -2.48. The quantitative estimate of drug-likeness (QED) is 0.0199. The van der Waals surface area contributed by atoms with E-state index in [1.54, 1.807) is 6.08 Å². The summed E-state index contributed by atoms with van der Waals surface area (Å²) in [6.07, 6.45) is 68.9. The van der Waals surface area contributed by atoms with Crippen LogP contribution in [0.2, 0.25) is 0 Å². The van der Waals surface area contributed by atoms with Crippen LogP contribution in [0.1, 0.15) is 284 Å². The van der Waals surface area contributed by atoms with Crippen LogP contribution in [0.3, 0.4) is 0 Å². The third-order valence-corrected chi connectivity index (χ3v) is 19.9. The van der Waals surface area contributed by atoms with Crippen LogP contribution in [0.4, 0.5) is 0 Å². The van der Waals surface area contributed by atoms with E-state index in [0.29, 0.717) is 19.3 Å².